The molecule has 0 bridgehead atoms. The van der Waals surface area contributed by atoms with Crippen LogP contribution in [0.2, 0.25) is 0 Å². The van der Waals surface area contributed by atoms with E-state index in [0.717, 1.165) is 28.6 Å². The molecule has 1 aromatic carbocycles. The van der Waals surface area contributed by atoms with Gasteiger partial charge in [-0.3, -0.25) is 10.1 Å². The number of fused-ring (bicyclic) bond motifs is 3. The molecular formula is C17H20N6O2S. The molecule has 0 fully saturated rings. The fourth-order valence-electron chi connectivity index (χ4n) is 2.69. The van der Waals surface area contributed by atoms with E-state index in [0.29, 0.717) is 11.7 Å². The van der Waals surface area contributed by atoms with Crippen molar-refractivity contribution in [2.24, 2.45) is 0 Å². The number of nitrogens with one attached hydrogen (secondary N) is 2. The van der Waals surface area contributed by atoms with Crippen molar-refractivity contribution in [1.29, 1.82) is 0 Å². The first kappa shape index (κ1) is 18.1. The number of para-hydroxylation sites is 1. The molecule has 26 heavy (non-hydrogen) atoms. The molecule has 0 radical (unpaired) electrons. The number of urea groups is 1. The number of amides is 3. The Morgan fingerprint density at radius 1 is 1.23 bits per heavy atom. The van der Waals surface area contributed by atoms with E-state index in [4.69, 9.17) is 0 Å². The van der Waals surface area contributed by atoms with Gasteiger partial charge in [0, 0.05) is 18.5 Å². The molecule has 0 aliphatic heterocycles. The molecule has 2 N–H and O–H groups in total. The van der Waals surface area contributed by atoms with Gasteiger partial charge in [0.15, 0.2) is 5.65 Å². The number of aryl methyl sites for hydroxylation is 1. The van der Waals surface area contributed by atoms with Crippen LogP contribution in [0.15, 0.2) is 29.4 Å². The Balaban J connectivity index is 1.86. The number of carbonyl (C=O) groups is 2. The smallest absolute Gasteiger partial charge is 0.321 e. The van der Waals surface area contributed by atoms with Crippen molar-refractivity contribution >= 4 is 45.8 Å². The molecule has 2 heterocycles. The fraction of sp³-hybridized carbons (Fsp3) is 0.353. The minimum absolute atomic E-state index is 0.397. The number of rotatable bonds is 5. The average molecular weight is 372 g/mol. The topological polar surface area (TPSA) is 102 Å². The highest BCUT2D eigenvalue weighted by Gasteiger charge is 2.20. The first-order valence-corrected chi connectivity index (χ1v) is 9.30. The molecule has 3 rings (SSSR count). The van der Waals surface area contributed by atoms with E-state index in [-0.39, 0.29) is 0 Å². The minimum atomic E-state index is -0.531. The van der Waals surface area contributed by atoms with Crippen LogP contribution in [0.5, 0.6) is 0 Å². The largest absolute Gasteiger partial charge is 0.338 e. The molecule has 136 valence electrons. The molecular weight excluding hydrogens is 352 g/mol. The summed E-state index contributed by atoms with van der Waals surface area (Å²) >= 11 is 1.17. The highest BCUT2D eigenvalue weighted by Crippen LogP contribution is 2.27. The normalized spacial score (nSPS) is 12.3. The van der Waals surface area contributed by atoms with Crippen LogP contribution in [0, 0.1) is 0 Å². The molecule has 0 saturated heterocycles. The third-order valence-electron chi connectivity index (χ3n) is 3.90. The molecule has 0 spiro atoms. The van der Waals surface area contributed by atoms with Crippen LogP contribution in [0.1, 0.15) is 20.8 Å². The predicted molar refractivity (Wildman–Crippen MR) is 101 cm³/mol. The molecule has 8 nitrogen and oxygen atoms in total. The lowest BCUT2D eigenvalue weighted by atomic mass is 10.2. The van der Waals surface area contributed by atoms with E-state index in [1.165, 1.54) is 11.8 Å². The Morgan fingerprint density at radius 3 is 2.73 bits per heavy atom. The number of imide groups is 1. The quantitative estimate of drug-likeness (QED) is 0.667. The Bertz CT molecular complexity index is 970. The Hall–Kier alpha value is -2.68. The monoisotopic (exact) mass is 372 g/mol. The lowest BCUT2D eigenvalue weighted by molar-refractivity contribution is -0.119. The second-order valence-corrected chi connectivity index (χ2v) is 6.94. The van der Waals surface area contributed by atoms with E-state index >= 15 is 0 Å². The Labute approximate surface area is 154 Å². The number of carbonyl (C=O) groups excluding carboxylic acids is 2. The van der Waals surface area contributed by atoms with Crippen LogP contribution in [0.4, 0.5) is 4.79 Å². The van der Waals surface area contributed by atoms with E-state index in [2.05, 4.69) is 30.4 Å². The molecule has 0 aliphatic rings. The van der Waals surface area contributed by atoms with Gasteiger partial charge < -0.3 is 9.88 Å². The summed E-state index contributed by atoms with van der Waals surface area (Å²) in [5.41, 5.74) is 2.53. The van der Waals surface area contributed by atoms with Gasteiger partial charge in [0.05, 0.1) is 10.8 Å². The first-order chi connectivity index (χ1) is 12.5. The standard InChI is InChI=1S/C17H20N6O2S/c1-4-18-16(25)20-15(24)10(3)26-17-19-14-13(21-22-17)11-8-6-7-9-12(11)23(14)5-2/h6-10H,4-5H2,1-3H3,(H2,18,20,24,25). The van der Waals surface area contributed by atoms with Crippen LogP contribution < -0.4 is 10.6 Å². The summed E-state index contributed by atoms with van der Waals surface area (Å²) in [6.45, 7) is 6.72. The number of benzene rings is 1. The lowest BCUT2D eigenvalue weighted by Gasteiger charge is -2.10. The van der Waals surface area contributed by atoms with Crippen LogP contribution in [-0.2, 0) is 11.3 Å². The highest BCUT2D eigenvalue weighted by molar-refractivity contribution is 8.00. The maximum Gasteiger partial charge on any atom is 0.321 e. The van der Waals surface area contributed by atoms with Gasteiger partial charge in [-0.2, -0.15) is 0 Å². The third-order valence-corrected chi connectivity index (χ3v) is 4.85. The summed E-state index contributed by atoms with van der Waals surface area (Å²) in [7, 11) is 0. The Kier molecular flexibility index (Phi) is 5.36. The van der Waals surface area contributed by atoms with E-state index in [1.54, 1.807) is 13.8 Å². The van der Waals surface area contributed by atoms with Crippen molar-refractivity contribution in [2.45, 2.75) is 37.7 Å². The zero-order valence-corrected chi connectivity index (χ0v) is 15.6. The maximum atomic E-state index is 12.1. The molecule has 0 aliphatic carbocycles. The van der Waals surface area contributed by atoms with Crippen LogP contribution >= 0.6 is 11.8 Å². The predicted octanol–water partition coefficient (Wildman–Crippen LogP) is 2.33. The zero-order valence-electron chi connectivity index (χ0n) is 14.8. The summed E-state index contributed by atoms with van der Waals surface area (Å²) in [4.78, 5) is 28.1. The number of hydrogen-bond donors (Lipinski definition) is 2. The molecule has 2 aromatic heterocycles. The third kappa shape index (κ3) is 3.48. The van der Waals surface area contributed by atoms with E-state index < -0.39 is 17.2 Å². The zero-order chi connectivity index (χ0) is 18.7. The van der Waals surface area contributed by atoms with Gasteiger partial charge in [-0.25, -0.2) is 9.78 Å². The van der Waals surface area contributed by atoms with Crippen molar-refractivity contribution in [2.75, 3.05) is 6.54 Å². The molecule has 1 unspecified atom stereocenters. The summed E-state index contributed by atoms with van der Waals surface area (Å²) < 4.78 is 2.07. The fourth-order valence-corrected chi connectivity index (χ4v) is 3.40. The van der Waals surface area contributed by atoms with Gasteiger partial charge in [-0.15, -0.1) is 10.2 Å². The summed E-state index contributed by atoms with van der Waals surface area (Å²) in [5.74, 6) is -0.402. The minimum Gasteiger partial charge on any atom is -0.338 e. The van der Waals surface area contributed by atoms with Gasteiger partial charge in [0.2, 0.25) is 11.1 Å². The SMILES string of the molecule is CCNC(=O)NC(=O)C(C)Sc1nnc2c3ccccc3n(CC)c2n1. The van der Waals surface area contributed by atoms with Crippen molar-refractivity contribution in [3.8, 4) is 0 Å². The van der Waals surface area contributed by atoms with Gasteiger partial charge in [-0.1, -0.05) is 30.0 Å². The van der Waals surface area contributed by atoms with Gasteiger partial charge in [0.1, 0.15) is 5.52 Å². The number of aromatic nitrogens is 4. The van der Waals surface area contributed by atoms with Crippen molar-refractivity contribution in [3.63, 3.8) is 0 Å². The molecule has 3 aromatic rings. The number of hydrogen-bond acceptors (Lipinski definition) is 6. The van der Waals surface area contributed by atoms with Crippen LogP contribution in [-0.4, -0.2) is 43.5 Å². The molecule has 1 atom stereocenters. The molecule has 0 saturated carbocycles. The molecule has 9 heteroatoms. The number of thioether (sulfide) groups is 1. The van der Waals surface area contributed by atoms with E-state index in [9.17, 15) is 9.59 Å². The van der Waals surface area contributed by atoms with Crippen LogP contribution in [0.25, 0.3) is 22.1 Å². The lowest BCUT2D eigenvalue weighted by Crippen LogP contribution is -2.42. The second kappa shape index (κ2) is 7.69. The van der Waals surface area contributed by atoms with Gasteiger partial charge in [0.25, 0.3) is 0 Å². The molecule has 3 amide bonds. The average Bonchev–Trinajstić information content (AvgIpc) is 2.94. The number of nitrogens with zero attached hydrogens (tertiary/aromatic N) is 4. The summed E-state index contributed by atoms with van der Waals surface area (Å²) in [6, 6.07) is 7.45. The highest BCUT2D eigenvalue weighted by atomic mass is 32.2. The van der Waals surface area contributed by atoms with Crippen LogP contribution in [0.3, 0.4) is 0 Å². The maximum absolute atomic E-state index is 12.1. The van der Waals surface area contributed by atoms with Crippen molar-refractivity contribution in [3.05, 3.63) is 24.3 Å². The van der Waals surface area contributed by atoms with Crippen molar-refractivity contribution in [1.82, 2.24) is 30.4 Å². The first-order valence-electron chi connectivity index (χ1n) is 8.42. The Morgan fingerprint density at radius 2 is 2.00 bits per heavy atom. The van der Waals surface area contributed by atoms with Crippen molar-refractivity contribution < 1.29 is 9.59 Å². The summed E-state index contributed by atoms with van der Waals surface area (Å²) in [6.07, 6.45) is 0. The van der Waals surface area contributed by atoms with Gasteiger partial charge >= 0.3 is 6.03 Å². The second-order valence-electron chi connectivity index (χ2n) is 5.64. The summed E-state index contributed by atoms with van der Waals surface area (Å²) in [5, 5.41) is 14.1. The van der Waals surface area contributed by atoms with Gasteiger partial charge in [-0.05, 0) is 26.8 Å². The van der Waals surface area contributed by atoms with E-state index in [1.807, 2.05) is 31.2 Å².